The molecule has 0 fully saturated rings. The lowest BCUT2D eigenvalue weighted by Crippen LogP contribution is -2.07. The van der Waals surface area contributed by atoms with Crippen LogP contribution >= 0.6 is 0 Å². The van der Waals surface area contributed by atoms with Crippen LogP contribution in [0.5, 0.6) is 5.95 Å². The first-order valence-electron chi connectivity index (χ1n) is 8.09. The Bertz CT molecular complexity index is 913. The second-order valence-electron chi connectivity index (χ2n) is 5.82. The Kier molecular flexibility index (Phi) is 5.12. The average Bonchev–Trinajstić information content (AvgIpc) is 3.03. The van der Waals surface area contributed by atoms with Crippen LogP contribution in [0.15, 0.2) is 64.0 Å². The third-order valence-corrected chi connectivity index (χ3v) is 3.58. The Morgan fingerprint density at radius 2 is 1.81 bits per heavy atom. The molecule has 2 aromatic carbocycles. The maximum Gasteiger partial charge on any atom is 0.322 e. The highest BCUT2D eigenvalue weighted by Crippen LogP contribution is 2.27. The van der Waals surface area contributed by atoms with Crippen LogP contribution in [0, 0.1) is 0 Å². The van der Waals surface area contributed by atoms with Crippen LogP contribution in [0.4, 0.5) is 11.4 Å². The van der Waals surface area contributed by atoms with Crippen molar-refractivity contribution < 1.29 is 13.9 Å². The van der Waals surface area contributed by atoms with Gasteiger partial charge in [0.05, 0.1) is 11.9 Å². The first-order chi connectivity index (χ1) is 12.5. The molecule has 0 spiro atoms. The van der Waals surface area contributed by atoms with Gasteiger partial charge in [-0.1, -0.05) is 18.2 Å². The summed E-state index contributed by atoms with van der Waals surface area (Å²) in [6.45, 7) is 1.31. The van der Waals surface area contributed by atoms with E-state index >= 15 is 0 Å². The average molecular weight is 349 g/mol. The molecule has 0 saturated heterocycles. The van der Waals surface area contributed by atoms with Crippen LogP contribution in [0.25, 0.3) is 11.5 Å². The summed E-state index contributed by atoms with van der Waals surface area (Å²) in [6.07, 6.45) is 1.53. The maximum absolute atomic E-state index is 11.3. The predicted molar refractivity (Wildman–Crippen MR) is 101 cm³/mol. The van der Waals surface area contributed by atoms with Gasteiger partial charge in [-0.25, -0.2) is 4.98 Å². The standard InChI is InChI=1S/C20H19N3O3/c1-14(24)25-20-18(22-19(26-20)15-7-5-4-6-8-15)13-21-16-9-11-17(12-10-16)23(2)3/h4-13H,1-3H3. The molecule has 0 atom stereocenters. The third-order valence-electron chi connectivity index (χ3n) is 3.58. The minimum atomic E-state index is -0.481. The zero-order chi connectivity index (χ0) is 18.5. The summed E-state index contributed by atoms with van der Waals surface area (Å²) in [5.41, 5.74) is 2.98. The van der Waals surface area contributed by atoms with Gasteiger partial charge in [0.2, 0.25) is 5.89 Å². The van der Waals surface area contributed by atoms with E-state index in [0.29, 0.717) is 11.6 Å². The summed E-state index contributed by atoms with van der Waals surface area (Å²) < 4.78 is 10.7. The Morgan fingerprint density at radius 3 is 2.42 bits per heavy atom. The van der Waals surface area contributed by atoms with Crippen LogP contribution < -0.4 is 9.64 Å². The van der Waals surface area contributed by atoms with E-state index in [9.17, 15) is 4.79 Å². The highest BCUT2D eigenvalue weighted by molar-refractivity contribution is 5.84. The Balaban J connectivity index is 1.90. The van der Waals surface area contributed by atoms with Gasteiger partial charge in [-0.05, 0) is 36.4 Å². The fraction of sp³-hybridized carbons (Fsp3) is 0.150. The quantitative estimate of drug-likeness (QED) is 0.513. The molecule has 1 heterocycles. The first kappa shape index (κ1) is 17.4. The van der Waals surface area contributed by atoms with E-state index < -0.39 is 5.97 Å². The molecule has 0 saturated carbocycles. The molecule has 0 bridgehead atoms. The van der Waals surface area contributed by atoms with E-state index in [2.05, 4.69) is 9.98 Å². The highest BCUT2D eigenvalue weighted by Gasteiger charge is 2.16. The number of rotatable bonds is 5. The molecule has 26 heavy (non-hydrogen) atoms. The van der Waals surface area contributed by atoms with Gasteiger partial charge in [0.15, 0.2) is 5.69 Å². The number of carbonyl (C=O) groups excluding carboxylic acids is 1. The molecule has 0 N–H and O–H groups in total. The lowest BCUT2D eigenvalue weighted by Gasteiger charge is -2.11. The van der Waals surface area contributed by atoms with Crippen molar-refractivity contribution in [2.24, 2.45) is 4.99 Å². The van der Waals surface area contributed by atoms with Gasteiger partial charge < -0.3 is 14.1 Å². The smallest absolute Gasteiger partial charge is 0.322 e. The van der Waals surface area contributed by atoms with Gasteiger partial charge in [-0.15, -0.1) is 0 Å². The topological polar surface area (TPSA) is 67.9 Å². The molecular weight excluding hydrogens is 330 g/mol. The second kappa shape index (κ2) is 7.65. The lowest BCUT2D eigenvalue weighted by atomic mass is 10.2. The number of anilines is 1. The molecule has 6 heteroatoms. The molecule has 0 aliphatic rings. The van der Waals surface area contributed by atoms with Crippen molar-refractivity contribution in [3.8, 4) is 17.4 Å². The second-order valence-corrected chi connectivity index (χ2v) is 5.82. The summed E-state index contributed by atoms with van der Waals surface area (Å²) in [4.78, 5) is 22.1. The fourth-order valence-electron chi connectivity index (χ4n) is 2.28. The maximum atomic E-state index is 11.3. The predicted octanol–water partition coefficient (Wildman–Crippen LogP) is 4.08. The van der Waals surface area contributed by atoms with E-state index in [1.807, 2.05) is 73.6 Å². The van der Waals surface area contributed by atoms with Crippen molar-refractivity contribution in [1.82, 2.24) is 4.98 Å². The van der Waals surface area contributed by atoms with Crippen molar-refractivity contribution in [2.45, 2.75) is 6.92 Å². The van der Waals surface area contributed by atoms with Gasteiger partial charge in [0.1, 0.15) is 0 Å². The van der Waals surface area contributed by atoms with E-state index in [0.717, 1.165) is 16.9 Å². The zero-order valence-corrected chi connectivity index (χ0v) is 14.8. The number of aromatic nitrogens is 1. The summed E-state index contributed by atoms with van der Waals surface area (Å²) in [5, 5.41) is 0. The number of nitrogens with zero attached hydrogens (tertiary/aromatic N) is 3. The Hall–Kier alpha value is -3.41. The monoisotopic (exact) mass is 349 g/mol. The zero-order valence-electron chi connectivity index (χ0n) is 14.8. The van der Waals surface area contributed by atoms with Crippen molar-refractivity contribution in [3.05, 3.63) is 60.3 Å². The molecule has 1 aromatic heterocycles. The van der Waals surface area contributed by atoms with E-state index in [1.165, 1.54) is 13.1 Å². The number of ether oxygens (including phenoxy) is 1. The minimum Gasteiger partial charge on any atom is -0.405 e. The number of carbonyl (C=O) groups is 1. The number of hydrogen-bond acceptors (Lipinski definition) is 6. The largest absolute Gasteiger partial charge is 0.405 e. The van der Waals surface area contributed by atoms with Crippen LogP contribution in [0.1, 0.15) is 12.6 Å². The molecular formula is C20H19N3O3. The van der Waals surface area contributed by atoms with Crippen molar-refractivity contribution in [1.29, 1.82) is 0 Å². The number of aliphatic imine (C=N–C) groups is 1. The van der Waals surface area contributed by atoms with Gasteiger partial charge >= 0.3 is 11.9 Å². The summed E-state index contributed by atoms with van der Waals surface area (Å²) in [7, 11) is 3.95. The van der Waals surface area contributed by atoms with Crippen molar-refractivity contribution >= 4 is 23.6 Å². The minimum absolute atomic E-state index is 0.0324. The van der Waals surface area contributed by atoms with Gasteiger partial charge in [-0.3, -0.25) is 9.79 Å². The van der Waals surface area contributed by atoms with Crippen LogP contribution in [0.3, 0.4) is 0 Å². The summed E-state index contributed by atoms with van der Waals surface area (Å²) in [5.74, 6) is -0.0815. The normalized spacial score (nSPS) is 10.9. The highest BCUT2D eigenvalue weighted by atomic mass is 16.6. The van der Waals surface area contributed by atoms with E-state index in [1.54, 1.807) is 0 Å². The number of esters is 1. The number of oxazole rings is 1. The van der Waals surface area contributed by atoms with Crippen LogP contribution in [0.2, 0.25) is 0 Å². The molecule has 0 radical (unpaired) electrons. The van der Waals surface area contributed by atoms with Crippen LogP contribution in [-0.2, 0) is 4.79 Å². The molecule has 0 unspecified atom stereocenters. The summed E-state index contributed by atoms with van der Waals surface area (Å²) >= 11 is 0. The molecule has 3 aromatic rings. The molecule has 0 aliphatic carbocycles. The lowest BCUT2D eigenvalue weighted by molar-refractivity contribution is -0.133. The fourth-order valence-corrected chi connectivity index (χ4v) is 2.28. The number of benzene rings is 2. The van der Waals surface area contributed by atoms with Gasteiger partial charge in [0.25, 0.3) is 0 Å². The third kappa shape index (κ3) is 4.16. The molecule has 0 amide bonds. The SMILES string of the molecule is CC(=O)Oc1oc(-c2ccccc2)nc1C=Nc1ccc(N(C)C)cc1. The molecule has 132 valence electrons. The van der Waals surface area contributed by atoms with E-state index in [-0.39, 0.29) is 5.95 Å². The Morgan fingerprint density at radius 1 is 1.12 bits per heavy atom. The summed E-state index contributed by atoms with van der Waals surface area (Å²) in [6, 6.07) is 17.1. The van der Waals surface area contributed by atoms with Gasteiger partial charge in [0, 0.05) is 32.3 Å². The van der Waals surface area contributed by atoms with Crippen molar-refractivity contribution in [3.63, 3.8) is 0 Å². The first-order valence-corrected chi connectivity index (χ1v) is 8.09. The Labute approximate surface area is 151 Å². The van der Waals surface area contributed by atoms with Crippen LogP contribution in [-0.4, -0.2) is 31.3 Å². The van der Waals surface area contributed by atoms with Gasteiger partial charge in [-0.2, -0.15) is 0 Å². The number of hydrogen-bond donors (Lipinski definition) is 0. The molecule has 0 aliphatic heterocycles. The molecule has 6 nitrogen and oxygen atoms in total. The molecule has 3 rings (SSSR count). The van der Waals surface area contributed by atoms with Crippen molar-refractivity contribution in [2.75, 3.05) is 19.0 Å². The van der Waals surface area contributed by atoms with E-state index in [4.69, 9.17) is 9.15 Å².